The Kier molecular flexibility index (Phi) is 5.05. The number of hydrogen-bond donors (Lipinski definition) is 0. The van der Waals surface area contributed by atoms with Crippen LogP contribution in [-0.2, 0) is 0 Å². The van der Waals surface area contributed by atoms with Crippen molar-refractivity contribution in [3.05, 3.63) is 71.3 Å². The van der Waals surface area contributed by atoms with Crippen LogP contribution >= 0.6 is 23.5 Å². The van der Waals surface area contributed by atoms with Gasteiger partial charge >= 0.3 is 0 Å². The molecule has 0 bridgehead atoms. The number of benzene rings is 2. The highest BCUT2D eigenvalue weighted by Gasteiger charge is 2.27. The third kappa shape index (κ3) is 3.17. The summed E-state index contributed by atoms with van der Waals surface area (Å²) >= 11 is 3.82. The summed E-state index contributed by atoms with van der Waals surface area (Å²) in [5.74, 6) is 0. The minimum absolute atomic E-state index is 0.373. The van der Waals surface area contributed by atoms with Crippen molar-refractivity contribution < 1.29 is 0 Å². The number of likely N-dealkylation sites (N-methyl/N-ethyl adjacent to an activating group) is 1. The fourth-order valence-corrected chi connectivity index (χ4v) is 6.19. The van der Waals surface area contributed by atoms with Gasteiger partial charge in [0.15, 0.2) is 0 Å². The van der Waals surface area contributed by atoms with Gasteiger partial charge in [-0.1, -0.05) is 47.8 Å². The Morgan fingerprint density at radius 3 is 2.38 bits per heavy atom. The zero-order valence-corrected chi connectivity index (χ0v) is 17.1. The zero-order chi connectivity index (χ0) is 18.1. The van der Waals surface area contributed by atoms with E-state index in [0.717, 1.165) is 13.1 Å². The second-order valence-corrected chi connectivity index (χ2v) is 8.69. The highest BCUT2D eigenvalue weighted by atomic mass is 32.2. The molecule has 2 nitrogen and oxygen atoms in total. The standard InChI is InChI=1S/C22H24N2S2/c1-4-23-17-10-6-8-12-19(17)25-21(23)14-16(3)15-22-24(5-2)18-11-7-9-13-20(18)26-22/h6-15,21H,4-5H2,1-3H3/b16-14+,22-15-. The van der Waals surface area contributed by atoms with Gasteiger partial charge in [-0.15, -0.1) is 0 Å². The minimum Gasteiger partial charge on any atom is -0.355 e. The SMILES string of the molecule is CCN1/C(=C/C(C)=C/C2Sc3ccccc3N2CC)Sc2ccccc21. The second kappa shape index (κ2) is 7.45. The Bertz CT molecular complexity index is 872. The van der Waals surface area contributed by atoms with Crippen molar-refractivity contribution in [2.24, 2.45) is 0 Å². The lowest BCUT2D eigenvalue weighted by molar-refractivity contribution is 0.874. The Balaban J connectivity index is 1.59. The number of fused-ring (bicyclic) bond motifs is 2. The molecule has 0 saturated carbocycles. The van der Waals surface area contributed by atoms with Crippen molar-refractivity contribution in [2.45, 2.75) is 35.9 Å². The largest absolute Gasteiger partial charge is 0.355 e. The summed E-state index contributed by atoms with van der Waals surface area (Å²) in [4.78, 5) is 7.63. The number of para-hydroxylation sites is 2. The van der Waals surface area contributed by atoms with Crippen LogP contribution in [0.15, 0.2) is 81.1 Å². The van der Waals surface area contributed by atoms with Gasteiger partial charge in [-0.05, 0) is 62.8 Å². The van der Waals surface area contributed by atoms with Crippen molar-refractivity contribution in [2.75, 3.05) is 22.9 Å². The minimum atomic E-state index is 0.373. The molecule has 0 fully saturated rings. The van der Waals surface area contributed by atoms with E-state index in [1.165, 1.54) is 31.8 Å². The molecule has 0 aromatic heterocycles. The molecule has 134 valence electrons. The van der Waals surface area contributed by atoms with E-state index in [2.05, 4.69) is 91.3 Å². The Morgan fingerprint density at radius 1 is 0.962 bits per heavy atom. The van der Waals surface area contributed by atoms with Gasteiger partial charge < -0.3 is 9.80 Å². The number of nitrogens with zero attached hydrogens (tertiary/aromatic N) is 2. The van der Waals surface area contributed by atoms with Crippen LogP contribution in [0.5, 0.6) is 0 Å². The van der Waals surface area contributed by atoms with Gasteiger partial charge in [0.25, 0.3) is 0 Å². The number of allylic oxidation sites excluding steroid dienone is 2. The topological polar surface area (TPSA) is 6.48 Å². The molecular formula is C22H24N2S2. The molecule has 26 heavy (non-hydrogen) atoms. The molecule has 0 spiro atoms. The quantitative estimate of drug-likeness (QED) is 0.608. The molecule has 2 aliphatic rings. The number of hydrogen-bond acceptors (Lipinski definition) is 4. The molecule has 0 saturated heterocycles. The normalized spacial score (nSPS) is 20.7. The first kappa shape index (κ1) is 17.6. The summed E-state index contributed by atoms with van der Waals surface area (Å²) in [6, 6.07) is 17.4. The van der Waals surface area contributed by atoms with Crippen LogP contribution in [0.25, 0.3) is 0 Å². The first-order chi connectivity index (χ1) is 12.7. The maximum absolute atomic E-state index is 2.48. The molecule has 0 amide bonds. The van der Waals surface area contributed by atoms with E-state index in [1.54, 1.807) is 0 Å². The molecule has 1 atom stereocenters. The Morgan fingerprint density at radius 2 is 1.65 bits per heavy atom. The maximum atomic E-state index is 2.48. The average Bonchev–Trinajstić information content (AvgIpc) is 3.17. The number of thioether (sulfide) groups is 2. The van der Waals surface area contributed by atoms with Crippen LogP contribution in [0.4, 0.5) is 11.4 Å². The molecule has 0 radical (unpaired) electrons. The average molecular weight is 381 g/mol. The van der Waals surface area contributed by atoms with E-state index in [1.807, 2.05) is 23.5 Å². The zero-order valence-electron chi connectivity index (χ0n) is 15.5. The molecule has 0 N–H and O–H groups in total. The molecule has 2 heterocycles. The first-order valence-electron chi connectivity index (χ1n) is 9.18. The van der Waals surface area contributed by atoms with Crippen LogP contribution < -0.4 is 9.80 Å². The van der Waals surface area contributed by atoms with Gasteiger partial charge in [0.1, 0.15) is 0 Å². The maximum Gasteiger partial charge on any atom is 0.0988 e. The molecular weight excluding hydrogens is 356 g/mol. The van der Waals surface area contributed by atoms with Gasteiger partial charge in [-0.25, -0.2) is 0 Å². The van der Waals surface area contributed by atoms with E-state index in [0.29, 0.717) is 5.37 Å². The smallest absolute Gasteiger partial charge is 0.0988 e. The third-order valence-electron chi connectivity index (χ3n) is 4.78. The highest BCUT2D eigenvalue weighted by Crippen LogP contribution is 2.47. The van der Waals surface area contributed by atoms with Gasteiger partial charge in [0.05, 0.1) is 21.8 Å². The van der Waals surface area contributed by atoms with Crippen LogP contribution in [0.3, 0.4) is 0 Å². The first-order valence-corrected chi connectivity index (χ1v) is 10.9. The summed E-state index contributed by atoms with van der Waals surface area (Å²) in [7, 11) is 0. The lowest BCUT2D eigenvalue weighted by Gasteiger charge is -2.23. The molecule has 1 unspecified atom stereocenters. The molecule has 2 aromatic rings. The molecule has 0 aliphatic carbocycles. The molecule has 4 rings (SSSR count). The summed E-state index contributed by atoms with van der Waals surface area (Å²) in [6.45, 7) is 8.70. The highest BCUT2D eigenvalue weighted by molar-refractivity contribution is 8.03. The van der Waals surface area contributed by atoms with E-state index in [9.17, 15) is 0 Å². The number of anilines is 2. The predicted molar refractivity (Wildman–Crippen MR) is 116 cm³/mol. The summed E-state index contributed by atoms with van der Waals surface area (Å²) in [6.07, 6.45) is 4.74. The van der Waals surface area contributed by atoms with E-state index < -0.39 is 0 Å². The second-order valence-electron chi connectivity index (χ2n) is 6.47. The van der Waals surface area contributed by atoms with Crippen molar-refractivity contribution in [1.82, 2.24) is 0 Å². The van der Waals surface area contributed by atoms with Crippen LogP contribution in [0.1, 0.15) is 20.8 Å². The van der Waals surface area contributed by atoms with Gasteiger partial charge in [0, 0.05) is 22.9 Å². The van der Waals surface area contributed by atoms with Crippen LogP contribution in [0.2, 0.25) is 0 Å². The van der Waals surface area contributed by atoms with Crippen molar-refractivity contribution in [1.29, 1.82) is 0 Å². The fourth-order valence-electron chi connectivity index (χ4n) is 3.55. The van der Waals surface area contributed by atoms with Gasteiger partial charge in [0.2, 0.25) is 0 Å². The lowest BCUT2D eigenvalue weighted by atomic mass is 10.2. The van der Waals surface area contributed by atoms with E-state index in [4.69, 9.17) is 0 Å². The van der Waals surface area contributed by atoms with Gasteiger partial charge in [-0.3, -0.25) is 0 Å². The fraction of sp³-hybridized carbons (Fsp3) is 0.273. The molecule has 4 heteroatoms. The monoisotopic (exact) mass is 380 g/mol. The summed E-state index contributed by atoms with van der Waals surface area (Å²) < 4.78 is 0. The van der Waals surface area contributed by atoms with Gasteiger partial charge in [-0.2, -0.15) is 0 Å². The van der Waals surface area contributed by atoms with Crippen molar-refractivity contribution in [3.63, 3.8) is 0 Å². The third-order valence-corrected chi connectivity index (χ3v) is 7.12. The molecule has 2 aromatic carbocycles. The van der Waals surface area contributed by atoms with Crippen molar-refractivity contribution >= 4 is 34.9 Å². The van der Waals surface area contributed by atoms with E-state index >= 15 is 0 Å². The Hall–Kier alpha value is -1.78. The molecule has 2 aliphatic heterocycles. The Labute approximate surface area is 165 Å². The van der Waals surface area contributed by atoms with Crippen molar-refractivity contribution in [3.8, 4) is 0 Å². The summed E-state index contributed by atoms with van der Waals surface area (Å²) in [5, 5.41) is 1.70. The van der Waals surface area contributed by atoms with Crippen LogP contribution in [0, 0.1) is 0 Å². The van der Waals surface area contributed by atoms with E-state index in [-0.39, 0.29) is 0 Å². The number of rotatable bonds is 4. The predicted octanol–water partition coefficient (Wildman–Crippen LogP) is 6.36. The van der Waals surface area contributed by atoms with Crippen LogP contribution in [-0.4, -0.2) is 18.5 Å². The lowest BCUT2D eigenvalue weighted by Crippen LogP contribution is -2.27. The summed E-state index contributed by atoms with van der Waals surface area (Å²) in [5.41, 5.74) is 4.01.